The van der Waals surface area contributed by atoms with Gasteiger partial charge in [0.15, 0.2) is 0 Å². The Morgan fingerprint density at radius 1 is 0.595 bits per heavy atom. The van der Waals surface area contributed by atoms with Crippen LogP contribution >= 0.6 is 21.6 Å². The molecule has 0 heterocycles. The predicted molar refractivity (Wildman–Crippen MR) is 140 cm³/mol. The molecule has 9 heteroatoms. The fraction of sp³-hybridized carbons (Fsp3) is 0.0714. The molecule has 0 radical (unpaired) electrons. The fourth-order valence-electron chi connectivity index (χ4n) is 2.67. The van der Waals surface area contributed by atoms with Crippen LogP contribution in [-0.2, 0) is 156 Å². The van der Waals surface area contributed by atoms with Crippen molar-refractivity contribution in [3.05, 3.63) is 125 Å². The van der Waals surface area contributed by atoms with Crippen LogP contribution in [-0.4, -0.2) is 9.30 Å². The van der Waals surface area contributed by atoms with Crippen molar-refractivity contribution < 1.29 is 144 Å². The van der Waals surface area contributed by atoms with E-state index < -0.39 is 0 Å². The minimum atomic E-state index is 0. The van der Waals surface area contributed by atoms with Crippen molar-refractivity contribution in [2.45, 2.75) is 11.5 Å². The Balaban J connectivity index is -0.000000759. The van der Waals surface area contributed by atoms with Crippen molar-refractivity contribution in [2.24, 2.45) is 0 Å². The van der Waals surface area contributed by atoms with Crippen LogP contribution in [0.1, 0.15) is 27.8 Å². The van der Waals surface area contributed by atoms with Gasteiger partial charge in [0.05, 0.1) is 0 Å². The van der Waals surface area contributed by atoms with Gasteiger partial charge in [-0.15, -0.1) is 0 Å². The first-order valence-electron chi connectivity index (χ1n) is 9.92. The van der Waals surface area contributed by atoms with Gasteiger partial charge in [-0.1, -0.05) is 66.7 Å². The Kier molecular flexibility index (Phi) is 38.7. The summed E-state index contributed by atoms with van der Waals surface area (Å²) in [6, 6.07) is 28.0. The average molecular weight is 1710 g/mol. The Hall–Kier alpha value is 2.14. The SMILES string of the molecule is [CH-]=[W].[W].[W].[W].[W].[W].[W]=[CH]C=[C-]/C=C/c1ccc(CSSCc2ccc(/C=C/c3ccccc3)cc2)cc1. The third kappa shape index (κ3) is 21.5. The number of benzene rings is 3. The molecule has 0 aliphatic heterocycles. The molecule has 0 fully saturated rings. The van der Waals surface area contributed by atoms with Crippen molar-refractivity contribution in [3.63, 3.8) is 0 Å². The Morgan fingerprint density at radius 2 is 1.00 bits per heavy atom. The molecular weight excluding hydrogens is 1690 g/mol. The van der Waals surface area contributed by atoms with Gasteiger partial charge in [-0.25, -0.2) is 0 Å². The predicted octanol–water partition coefficient (Wildman–Crippen LogP) is 7.49. The second kappa shape index (κ2) is 31.1. The van der Waals surface area contributed by atoms with Gasteiger partial charge in [-0.3, -0.25) is 0 Å². The number of hydrogen-bond donors (Lipinski definition) is 0. The van der Waals surface area contributed by atoms with E-state index >= 15 is 0 Å². The Bertz CT molecular complexity index is 1020. The summed E-state index contributed by atoms with van der Waals surface area (Å²) in [5, 5.41) is 0. The molecule has 192 valence electrons. The van der Waals surface area contributed by atoms with Crippen LogP contribution in [0.5, 0.6) is 0 Å². The van der Waals surface area contributed by atoms with E-state index in [0.29, 0.717) is 0 Å². The van der Waals surface area contributed by atoms with Crippen LogP contribution in [0.15, 0.2) is 91.0 Å². The molecule has 3 aromatic carbocycles. The third-order valence-electron chi connectivity index (χ3n) is 4.30. The number of allylic oxidation sites excluding steroid dienone is 3. The molecule has 0 saturated heterocycles. The molecule has 0 nitrogen and oxygen atoms in total. The van der Waals surface area contributed by atoms with Gasteiger partial charge in [0, 0.05) is 111 Å². The van der Waals surface area contributed by atoms with Gasteiger partial charge >= 0.3 is 135 Å². The molecule has 0 aliphatic carbocycles. The van der Waals surface area contributed by atoms with Crippen LogP contribution in [0.2, 0.25) is 0 Å². The van der Waals surface area contributed by atoms with Crippen LogP contribution in [0.25, 0.3) is 18.2 Å². The van der Waals surface area contributed by atoms with Crippen molar-refractivity contribution in [3.8, 4) is 0 Å². The second-order valence-corrected chi connectivity index (χ2v) is 10.00. The molecule has 0 aromatic heterocycles. The monoisotopic (exact) mass is 1710 g/mol. The topological polar surface area (TPSA) is 0 Å². The van der Waals surface area contributed by atoms with E-state index in [2.05, 4.69) is 106 Å². The van der Waals surface area contributed by atoms with Crippen LogP contribution < -0.4 is 0 Å². The summed E-state index contributed by atoms with van der Waals surface area (Å²) in [4.78, 5) is 4.58. The summed E-state index contributed by atoms with van der Waals surface area (Å²) in [5.74, 6) is 2.04. The van der Waals surface area contributed by atoms with Gasteiger partial charge < -0.3 is 0 Å². The van der Waals surface area contributed by atoms with E-state index in [1.54, 1.807) is 0 Å². The summed E-state index contributed by atoms with van der Waals surface area (Å²) in [7, 11) is 3.82. The molecule has 0 amide bonds. The van der Waals surface area contributed by atoms with Gasteiger partial charge in [0.1, 0.15) is 0 Å². The summed E-state index contributed by atoms with van der Waals surface area (Å²) in [6.45, 7) is 0. The first-order chi connectivity index (χ1) is 15.8. The molecule has 0 N–H and O–H groups in total. The van der Waals surface area contributed by atoms with Crippen molar-refractivity contribution in [1.82, 2.24) is 0 Å². The molecule has 0 saturated carbocycles. The zero-order chi connectivity index (χ0) is 22.9. The summed E-state index contributed by atoms with van der Waals surface area (Å²) >= 11 is 2.53. The van der Waals surface area contributed by atoms with E-state index in [4.69, 9.17) is 0 Å². The van der Waals surface area contributed by atoms with E-state index in [1.165, 1.54) is 47.2 Å². The normalized spacial score (nSPS) is 9.51. The molecule has 37 heavy (non-hydrogen) atoms. The van der Waals surface area contributed by atoms with Gasteiger partial charge in [-0.05, 0) is 16.7 Å². The Labute approximate surface area is 324 Å². The zero-order valence-electron chi connectivity index (χ0n) is 19.6. The van der Waals surface area contributed by atoms with Gasteiger partial charge in [0.25, 0.3) is 0 Å². The molecule has 0 atom stereocenters. The van der Waals surface area contributed by atoms with Crippen molar-refractivity contribution >= 4 is 49.1 Å². The summed E-state index contributed by atoms with van der Waals surface area (Å²) in [5.41, 5.74) is 6.39. The van der Waals surface area contributed by atoms with E-state index in [9.17, 15) is 0 Å². The van der Waals surface area contributed by atoms with Crippen LogP contribution in [0.4, 0.5) is 0 Å². The van der Waals surface area contributed by atoms with Crippen LogP contribution in [0.3, 0.4) is 0 Å². The third-order valence-corrected chi connectivity index (χ3v) is 7.06. The first kappa shape index (κ1) is 46.1. The summed E-state index contributed by atoms with van der Waals surface area (Å²) in [6.07, 6.45) is 13.4. The second-order valence-electron chi connectivity index (χ2n) is 6.55. The standard InChI is InChI=1S/C27H23S2.CH.7W/c1-2-3-5-8-24-13-17-26(18-14-24)21-28-29-22-27-19-15-25(16-20-27)12-11-23-9-6-4-7-10-23;;;;;;;;/h1-2,4-20H,21-22H2;1H;;;;;;;/q2*-1;;;;;;;/b8-5+,12-11+;;;;;;;;. The fourth-order valence-corrected chi connectivity index (χ4v) is 5.09. The molecular formula is C28H24S2W7-2. The van der Waals surface area contributed by atoms with Crippen LogP contribution in [0, 0.1) is 6.08 Å². The maximum absolute atomic E-state index is 4.58. The first-order valence-corrected chi connectivity index (χ1v) is 15.8. The molecule has 0 spiro atoms. The quantitative estimate of drug-likeness (QED) is 0.0680. The van der Waals surface area contributed by atoms with Gasteiger partial charge in [-0.2, -0.15) is 0 Å². The van der Waals surface area contributed by atoms with E-state index in [1.807, 2.05) is 39.8 Å². The maximum atomic E-state index is 4.58. The van der Waals surface area contributed by atoms with E-state index in [-0.39, 0.29) is 105 Å². The summed E-state index contributed by atoms with van der Waals surface area (Å²) < 4.78 is 2.06. The Morgan fingerprint density at radius 3 is 1.43 bits per heavy atom. The van der Waals surface area contributed by atoms with Crippen molar-refractivity contribution in [1.29, 1.82) is 0 Å². The van der Waals surface area contributed by atoms with E-state index in [0.717, 1.165) is 30.9 Å². The zero-order valence-corrected chi connectivity index (χ0v) is 41.8. The van der Waals surface area contributed by atoms with Gasteiger partial charge in [0.2, 0.25) is 0 Å². The molecule has 0 unspecified atom stereocenters. The number of hydrogen-bond acceptors (Lipinski definition) is 2. The molecule has 0 aliphatic rings. The molecule has 3 aromatic rings. The number of rotatable bonds is 10. The molecule has 0 bridgehead atoms. The van der Waals surface area contributed by atoms with Crippen molar-refractivity contribution in [2.75, 3.05) is 0 Å². The molecule has 3 rings (SSSR count). The minimum absolute atomic E-state index is 0. The average Bonchev–Trinajstić information content (AvgIpc) is 2.87.